The summed E-state index contributed by atoms with van der Waals surface area (Å²) < 4.78 is 29.1. The van der Waals surface area contributed by atoms with Crippen molar-refractivity contribution in [2.24, 2.45) is 4.99 Å². The van der Waals surface area contributed by atoms with Crippen LogP contribution in [0.15, 0.2) is 4.99 Å². The number of unbranched alkanes of at least 4 members (excludes halogenated alkanes) is 28. The minimum absolute atomic E-state index is 0.0590. The van der Waals surface area contributed by atoms with Gasteiger partial charge in [0, 0.05) is 39.2 Å². The smallest absolute Gasteiger partial charge is 0.335 e. The van der Waals surface area contributed by atoms with Crippen molar-refractivity contribution in [3.63, 3.8) is 0 Å². The Labute approximate surface area is 392 Å². The van der Waals surface area contributed by atoms with E-state index < -0.39 is 17.8 Å². The molecule has 0 aromatic rings. The lowest BCUT2D eigenvalue weighted by molar-refractivity contribution is -0.198. The third-order valence-corrected chi connectivity index (χ3v) is 11.8. The average molecular weight is 910 g/mol. The van der Waals surface area contributed by atoms with E-state index >= 15 is 0 Å². The van der Waals surface area contributed by atoms with Crippen LogP contribution in [0.5, 0.6) is 0 Å². The molecule has 0 aromatic heterocycles. The van der Waals surface area contributed by atoms with Crippen LogP contribution in [-0.2, 0) is 42.9 Å². The quantitative estimate of drug-likeness (QED) is 0.0207. The molecule has 1 rings (SSSR count). The van der Waals surface area contributed by atoms with Crippen LogP contribution in [0, 0.1) is 0 Å². The summed E-state index contributed by atoms with van der Waals surface area (Å²) in [4.78, 5) is 44.9. The van der Waals surface area contributed by atoms with Crippen molar-refractivity contribution in [3.05, 3.63) is 0 Å². The topological polar surface area (TPSA) is 134 Å². The molecule has 0 spiro atoms. The Morgan fingerprint density at radius 1 is 0.547 bits per heavy atom. The molecule has 0 bridgehead atoms. The van der Waals surface area contributed by atoms with E-state index in [-0.39, 0.29) is 38.6 Å². The molecule has 1 N–H and O–H groups in total. The third-order valence-electron chi connectivity index (χ3n) is 11.8. The van der Waals surface area contributed by atoms with Crippen LogP contribution >= 0.6 is 0 Å². The van der Waals surface area contributed by atoms with Crippen LogP contribution in [0.25, 0.3) is 0 Å². The van der Waals surface area contributed by atoms with E-state index in [4.69, 9.17) is 28.5 Å². The second-order valence-electron chi connectivity index (χ2n) is 18.0. The van der Waals surface area contributed by atoms with E-state index in [1.807, 2.05) is 0 Å². The number of carbonyl (C=O) groups excluding carboxylic acids is 3. The summed E-state index contributed by atoms with van der Waals surface area (Å²) in [6, 6.07) is 0. The summed E-state index contributed by atoms with van der Waals surface area (Å²) in [7, 11) is 0. The minimum Gasteiger partial charge on any atom is -0.483 e. The van der Waals surface area contributed by atoms with E-state index in [0.717, 1.165) is 38.8 Å². The SMILES string of the molecule is CCCCCCCCCCCCCCCCCO/C=N/CCCOCC(COCCC(=O)ON1C(=O)CCC1=O)OCCCNCOCCCCCCCCCCCCCCCCC. The molecular formula is C52H99N3O9. The summed E-state index contributed by atoms with van der Waals surface area (Å²) in [5, 5.41) is 3.89. The zero-order chi connectivity index (χ0) is 46.1. The van der Waals surface area contributed by atoms with E-state index in [9.17, 15) is 14.4 Å². The van der Waals surface area contributed by atoms with Gasteiger partial charge in [-0.1, -0.05) is 194 Å². The normalized spacial score (nSPS) is 13.5. The fourth-order valence-electron chi connectivity index (χ4n) is 7.75. The number of nitrogens with one attached hydrogen (secondary N) is 1. The zero-order valence-electron chi connectivity index (χ0n) is 41.5. The number of hydrogen-bond donors (Lipinski definition) is 1. The van der Waals surface area contributed by atoms with Gasteiger partial charge in [-0.05, 0) is 32.2 Å². The lowest BCUT2D eigenvalue weighted by Gasteiger charge is -2.18. The first-order valence-corrected chi connectivity index (χ1v) is 26.8. The molecule has 1 aliphatic heterocycles. The summed E-state index contributed by atoms with van der Waals surface area (Å²) >= 11 is 0. The molecule has 0 saturated carbocycles. The van der Waals surface area contributed by atoms with Gasteiger partial charge in [-0.2, -0.15) is 0 Å². The Morgan fingerprint density at radius 3 is 1.48 bits per heavy atom. The number of hydrogen-bond acceptors (Lipinski definition) is 11. The fourth-order valence-corrected chi connectivity index (χ4v) is 7.75. The number of hydroxylamine groups is 2. The first kappa shape index (κ1) is 59.9. The van der Waals surface area contributed by atoms with E-state index in [1.165, 1.54) is 180 Å². The lowest BCUT2D eigenvalue weighted by Crippen LogP contribution is -2.32. The van der Waals surface area contributed by atoms with Gasteiger partial charge in [-0.15, -0.1) is 5.06 Å². The van der Waals surface area contributed by atoms with Gasteiger partial charge in [0.2, 0.25) is 0 Å². The Bertz CT molecular complexity index is 1050. The van der Waals surface area contributed by atoms with Crippen LogP contribution in [0.2, 0.25) is 0 Å². The number of nitrogens with zero attached hydrogens (tertiary/aromatic N) is 2. The maximum absolute atomic E-state index is 12.2. The largest absolute Gasteiger partial charge is 0.483 e. The minimum atomic E-state index is -0.690. The van der Waals surface area contributed by atoms with E-state index in [1.54, 1.807) is 6.40 Å². The molecular weight excluding hydrogens is 811 g/mol. The number of ether oxygens (including phenoxy) is 5. The van der Waals surface area contributed by atoms with Gasteiger partial charge >= 0.3 is 5.97 Å². The Kier molecular flexibility index (Phi) is 45.7. The molecule has 1 saturated heterocycles. The molecule has 1 heterocycles. The van der Waals surface area contributed by atoms with Gasteiger partial charge in [0.05, 0.1) is 39.6 Å². The van der Waals surface area contributed by atoms with Crippen molar-refractivity contribution in [2.45, 2.75) is 245 Å². The molecule has 12 nitrogen and oxygen atoms in total. The van der Waals surface area contributed by atoms with Crippen molar-refractivity contribution >= 4 is 24.2 Å². The molecule has 2 amide bonds. The van der Waals surface area contributed by atoms with Gasteiger partial charge in [-0.3, -0.25) is 19.9 Å². The highest BCUT2D eigenvalue weighted by atomic mass is 16.7. The number of amides is 2. The van der Waals surface area contributed by atoms with Crippen LogP contribution in [0.1, 0.15) is 239 Å². The van der Waals surface area contributed by atoms with Crippen molar-refractivity contribution in [1.82, 2.24) is 10.4 Å². The predicted octanol–water partition coefficient (Wildman–Crippen LogP) is 12.5. The third kappa shape index (κ3) is 41.3. The summed E-state index contributed by atoms with van der Waals surface area (Å²) in [6.07, 6.45) is 43.5. The highest BCUT2D eigenvalue weighted by Crippen LogP contribution is 2.16. The van der Waals surface area contributed by atoms with E-state index in [2.05, 4.69) is 24.2 Å². The zero-order valence-corrected chi connectivity index (χ0v) is 41.5. The number of imide groups is 1. The van der Waals surface area contributed by atoms with Gasteiger partial charge in [-0.25, -0.2) is 4.79 Å². The second-order valence-corrected chi connectivity index (χ2v) is 18.0. The van der Waals surface area contributed by atoms with Gasteiger partial charge in [0.25, 0.3) is 11.8 Å². The highest BCUT2D eigenvalue weighted by molar-refractivity contribution is 6.01. The molecule has 376 valence electrons. The molecule has 1 fully saturated rings. The van der Waals surface area contributed by atoms with Gasteiger partial charge in [0.15, 0.2) is 6.40 Å². The standard InChI is InChI=1S/C52H99N3O9/c1-3-5-7-9-11-13-15-17-19-21-23-25-27-29-31-40-61-47-53-38-33-42-59-45-49(46-60-44-37-52(58)64-55-50(56)35-36-51(55)57)63-43-34-39-54-48-62-41-32-30-28-26-24-22-20-18-16-14-12-10-8-6-4-2/h47,49,54H,3-46,48H2,1-2H3/b53-47+. The Morgan fingerprint density at radius 2 is 0.984 bits per heavy atom. The molecule has 12 heteroatoms. The lowest BCUT2D eigenvalue weighted by atomic mass is 10.0. The summed E-state index contributed by atoms with van der Waals surface area (Å²) in [6.45, 7) is 9.68. The highest BCUT2D eigenvalue weighted by Gasteiger charge is 2.32. The van der Waals surface area contributed by atoms with Gasteiger partial charge in [0.1, 0.15) is 6.10 Å². The van der Waals surface area contributed by atoms with Crippen molar-refractivity contribution in [1.29, 1.82) is 0 Å². The maximum atomic E-state index is 12.2. The van der Waals surface area contributed by atoms with E-state index in [0.29, 0.717) is 44.8 Å². The molecule has 1 unspecified atom stereocenters. The Hall–Kier alpha value is -2.12. The van der Waals surface area contributed by atoms with Crippen LogP contribution < -0.4 is 5.32 Å². The van der Waals surface area contributed by atoms with Crippen molar-refractivity contribution in [2.75, 3.05) is 66.1 Å². The fraction of sp³-hybridized carbons (Fsp3) is 0.923. The first-order chi connectivity index (χ1) is 31.6. The first-order valence-electron chi connectivity index (χ1n) is 26.8. The van der Waals surface area contributed by atoms with Crippen LogP contribution in [0.3, 0.4) is 0 Å². The van der Waals surface area contributed by atoms with Crippen molar-refractivity contribution < 1.29 is 42.9 Å². The van der Waals surface area contributed by atoms with Crippen LogP contribution in [-0.4, -0.2) is 101 Å². The molecule has 1 aliphatic rings. The summed E-state index contributed by atoms with van der Waals surface area (Å²) in [5.74, 6) is -1.69. The van der Waals surface area contributed by atoms with Crippen molar-refractivity contribution in [3.8, 4) is 0 Å². The molecule has 64 heavy (non-hydrogen) atoms. The molecule has 0 aromatic carbocycles. The monoisotopic (exact) mass is 910 g/mol. The number of carbonyl (C=O) groups is 3. The van der Waals surface area contributed by atoms with Gasteiger partial charge < -0.3 is 28.5 Å². The summed E-state index contributed by atoms with van der Waals surface area (Å²) in [5.41, 5.74) is 0. The Balaban J connectivity index is 2.08. The van der Waals surface area contributed by atoms with Crippen LogP contribution in [0.4, 0.5) is 0 Å². The molecule has 1 atom stereocenters. The molecule has 0 radical (unpaired) electrons. The predicted molar refractivity (Wildman–Crippen MR) is 260 cm³/mol. The maximum Gasteiger partial charge on any atom is 0.335 e. The second kappa shape index (κ2) is 48.8. The molecule has 0 aliphatic carbocycles. The number of aliphatic imine (C=N–C) groups is 1. The number of rotatable bonds is 52. The average Bonchev–Trinajstić information content (AvgIpc) is 3.61.